The fourth-order valence-electron chi connectivity index (χ4n) is 0.153. The van der Waals surface area contributed by atoms with Gasteiger partial charge in [0.25, 0.3) is 7.82 Å². The van der Waals surface area contributed by atoms with E-state index in [-0.39, 0.29) is 0 Å². The van der Waals surface area contributed by atoms with Crippen LogP contribution in [0.1, 0.15) is 0 Å². The van der Waals surface area contributed by atoms with Gasteiger partial charge in [-0.25, -0.2) is 4.31 Å². The Morgan fingerprint density at radius 1 is 1.40 bits per heavy atom. The molecular weight excluding hydrogens is 189 g/mol. The molecule has 10 heavy (non-hydrogen) atoms. The molecule has 0 saturated carbocycles. The highest BCUT2D eigenvalue weighted by Crippen LogP contribution is 2.55. The molecule has 0 aromatic heterocycles. The molecule has 0 heterocycles. The maximum atomic E-state index is 11.4. The number of hydrogen-bond donors (Lipinski definition) is 0. The second-order valence-corrected chi connectivity index (χ2v) is 3.92. The highest BCUT2D eigenvalue weighted by molar-refractivity contribution is 7.59. The van der Waals surface area contributed by atoms with Crippen LogP contribution in [0.2, 0.25) is 0 Å². The van der Waals surface area contributed by atoms with Gasteiger partial charge in [-0.3, -0.25) is 9.13 Å². The molecule has 6 nitrogen and oxygen atoms in total. The molecule has 0 aromatic carbocycles. The zero-order chi connectivity index (χ0) is 8.41. The van der Waals surface area contributed by atoms with Gasteiger partial charge in [0.2, 0.25) is 0 Å². The first kappa shape index (κ1) is 10.2. The molecule has 0 aliphatic rings. The summed E-state index contributed by atoms with van der Waals surface area (Å²) in [6.07, 6.45) is 0. The maximum Gasteiger partial charge on any atom is 0.314 e. The lowest BCUT2D eigenvalue weighted by Gasteiger charge is -2.23. The predicted octanol–water partition coefficient (Wildman–Crippen LogP) is -0.444. The molecule has 0 aliphatic heterocycles. The van der Waals surface area contributed by atoms with E-state index in [2.05, 4.69) is 8.83 Å². The Balaban J connectivity index is 4.17. The molecule has 0 rings (SSSR count). The van der Waals surface area contributed by atoms with E-state index in [4.69, 9.17) is 0 Å². The Hall–Kier alpha value is 0.230. The van der Waals surface area contributed by atoms with Crippen LogP contribution < -0.4 is 9.79 Å². The monoisotopic (exact) mass is 192 g/mol. The molecule has 0 N–H and O–H groups in total. The molecule has 0 aliphatic carbocycles. The van der Waals surface area contributed by atoms with Gasteiger partial charge in [-0.2, -0.15) is 4.20 Å². The van der Waals surface area contributed by atoms with E-state index >= 15 is 0 Å². The van der Waals surface area contributed by atoms with Gasteiger partial charge in [-0.1, -0.05) is 0 Å². The summed E-state index contributed by atoms with van der Waals surface area (Å²) >= 11 is 0. The molecule has 0 aromatic rings. The fraction of sp³-hybridized carbons (Fsp3) is 1.00. The van der Waals surface area contributed by atoms with Crippen LogP contribution in [0.5, 0.6) is 0 Å². The first-order valence-electron chi connectivity index (χ1n) is 1.86. The Kier molecular flexibility index (Phi) is 3.16. The Morgan fingerprint density at radius 3 is 1.90 bits per heavy atom. The molecule has 62 valence electrons. The van der Waals surface area contributed by atoms with Crippen LogP contribution in [-0.2, 0) is 18.0 Å². The second kappa shape index (κ2) is 3.09. The minimum atomic E-state index is -5.75. The Labute approximate surface area is 55.9 Å². The maximum absolute atomic E-state index is 11.4. The molecule has 0 radical (unpaired) electrons. The minimum absolute atomic E-state index is 0.642. The van der Waals surface area contributed by atoms with Crippen LogP contribution in [-0.4, -0.2) is 7.11 Å². The summed E-state index contributed by atoms with van der Waals surface area (Å²) in [5.41, 5.74) is 0. The van der Waals surface area contributed by atoms with Gasteiger partial charge in [-0.15, -0.1) is 0 Å². The van der Waals surface area contributed by atoms with Crippen LogP contribution in [0, 0.1) is 0 Å². The standard InChI is InChI=1S/CH5FO6P2/c1-7-10(5,6)8-9(2,3)4/h1H3,(H,3,4)(H,5,6)/p-2. The van der Waals surface area contributed by atoms with Gasteiger partial charge in [-0.05, 0) is 0 Å². The van der Waals surface area contributed by atoms with Crippen LogP contribution in [0.3, 0.4) is 0 Å². The van der Waals surface area contributed by atoms with Crippen LogP contribution in [0.4, 0.5) is 4.20 Å². The van der Waals surface area contributed by atoms with E-state index in [0.717, 1.165) is 0 Å². The topological polar surface area (TPSA) is 98.7 Å². The third-order valence-electron chi connectivity index (χ3n) is 0.421. The van der Waals surface area contributed by atoms with E-state index < -0.39 is 15.7 Å². The first-order valence-corrected chi connectivity index (χ1v) is 4.75. The number of phosphoric acid groups is 1. The summed E-state index contributed by atoms with van der Waals surface area (Å²) in [4.78, 5) is 19.5. The van der Waals surface area contributed by atoms with Gasteiger partial charge >= 0.3 is 7.91 Å². The highest BCUT2D eigenvalue weighted by Gasteiger charge is 2.15. The van der Waals surface area contributed by atoms with Crippen LogP contribution in [0.25, 0.3) is 0 Å². The van der Waals surface area contributed by atoms with E-state index in [1.54, 1.807) is 0 Å². The lowest BCUT2D eigenvalue weighted by molar-refractivity contribution is -0.235. The number of halogens is 1. The quantitative estimate of drug-likeness (QED) is 0.561. The largest absolute Gasteiger partial charge is 0.756 e. The van der Waals surface area contributed by atoms with Crippen molar-refractivity contribution in [2.24, 2.45) is 0 Å². The van der Waals surface area contributed by atoms with E-state index in [0.29, 0.717) is 7.11 Å². The van der Waals surface area contributed by atoms with E-state index in [1.807, 2.05) is 0 Å². The summed E-state index contributed by atoms with van der Waals surface area (Å²) in [7, 11) is -10.1. The first-order chi connectivity index (χ1) is 4.27. The molecule has 2 atom stereocenters. The normalized spacial score (nSPS) is 23.2. The fourth-order valence-corrected chi connectivity index (χ4v) is 1.38. The molecule has 0 saturated heterocycles. The van der Waals surface area contributed by atoms with Crippen molar-refractivity contribution in [2.45, 2.75) is 0 Å². The predicted molar refractivity (Wildman–Crippen MR) is 24.4 cm³/mol. The molecular formula is CH3FO6P2-2. The molecule has 0 spiro atoms. The van der Waals surface area contributed by atoms with E-state index in [1.165, 1.54) is 0 Å². The molecule has 0 amide bonds. The van der Waals surface area contributed by atoms with Crippen molar-refractivity contribution in [1.29, 1.82) is 0 Å². The zero-order valence-corrected chi connectivity index (χ0v) is 6.51. The van der Waals surface area contributed by atoms with E-state index in [9.17, 15) is 23.1 Å². The van der Waals surface area contributed by atoms with Crippen molar-refractivity contribution in [3.8, 4) is 0 Å². The summed E-state index contributed by atoms with van der Waals surface area (Å²) < 4.78 is 37.2. The lowest BCUT2D eigenvalue weighted by atomic mass is 11.8. The zero-order valence-electron chi connectivity index (χ0n) is 4.72. The van der Waals surface area contributed by atoms with Gasteiger partial charge in [0.1, 0.15) is 0 Å². The van der Waals surface area contributed by atoms with Crippen molar-refractivity contribution < 1.29 is 31.9 Å². The summed E-state index contributed by atoms with van der Waals surface area (Å²) in [6, 6.07) is 0. The van der Waals surface area contributed by atoms with Crippen molar-refractivity contribution in [3.63, 3.8) is 0 Å². The average molecular weight is 192 g/mol. The smallest absolute Gasteiger partial charge is 0.314 e. The molecule has 0 bridgehead atoms. The molecule has 9 heteroatoms. The summed E-state index contributed by atoms with van der Waals surface area (Å²) in [5, 5.41) is 0. The highest BCUT2D eigenvalue weighted by atomic mass is 31.3. The van der Waals surface area contributed by atoms with Gasteiger partial charge in [0.15, 0.2) is 0 Å². The number of hydrogen-bond acceptors (Lipinski definition) is 6. The van der Waals surface area contributed by atoms with Gasteiger partial charge in [0.05, 0.1) is 0 Å². The molecule has 0 fully saturated rings. The Morgan fingerprint density at radius 2 is 1.80 bits per heavy atom. The Bertz CT molecular complexity index is 194. The minimum Gasteiger partial charge on any atom is -0.756 e. The average Bonchev–Trinajstić information content (AvgIpc) is 1.60. The van der Waals surface area contributed by atoms with Crippen LogP contribution in [0.15, 0.2) is 0 Å². The second-order valence-electron chi connectivity index (χ2n) is 1.14. The third kappa shape index (κ3) is 5.05. The van der Waals surface area contributed by atoms with Crippen molar-refractivity contribution >= 4 is 15.7 Å². The van der Waals surface area contributed by atoms with Gasteiger partial charge < -0.3 is 14.3 Å². The number of rotatable bonds is 3. The van der Waals surface area contributed by atoms with Crippen molar-refractivity contribution in [2.75, 3.05) is 7.11 Å². The van der Waals surface area contributed by atoms with Crippen LogP contribution >= 0.6 is 15.7 Å². The van der Waals surface area contributed by atoms with Gasteiger partial charge in [0, 0.05) is 7.11 Å². The number of phosphoric ester groups is 1. The summed E-state index contributed by atoms with van der Waals surface area (Å²) in [6.45, 7) is 0. The molecule has 2 unspecified atom stereocenters. The van der Waals surface area contributed by atoms with Crippen molar-refractivity contribution in [1.82, 2.24) is 0 Å². The SMILES string of the molecule is COP(=O)([O-])OP(=O)([O-])F. The third-order valence-corrected chi connectivity index (χ3v) is 2.45. The summed E-state index contributed by atoms with van der Waals surface area (Å²) in [5.74, 6) is 0. The lowest BCUT2D eigenvalue weighted by Crippen LogP contribution is -2.07. The van der Waals surface area contributed by atoms with Crippen molar-refractivity contribution in [3.05, 3.63) is 0 Å².